The molecule has 0 saturated carbocycles. The van der Waals surface area contributed by atoms with Crippen molar-refractivity contribution < 1.29 is 27.1 Å². The fourth-order valence-corrected chi connectivity index (χ4v) is 5.73. The van der Waals surface area contributed by atoms with Gasteiger partial charge < -0.3 is 15.0 Å². The molecular weight excluding hydrogens is 545 g/mol. The molecule has 0 aromatic heterocycles. The molecule has 0 unspecified atom stereocenters. The van der Waals surface area contributed by atoms with E-state index in [0.717, 1.165) is 16.3 Å². The van der Waals surface area contributed by atoms with Crippen LogP contribution in [0.4, 0.5) is 10.1 Å². The lowest BCUT2D eigenvalue weighted by Crippen LogP contribution is -2.52. The Balaban J connectivity index is 2.03. The van der Waals surface area contributed by atoms with Crippen molar-refractivity contribution in [2.75, 3.05) is 24.0 Å². The number of anilines is 1. The molecule has 2 amide bonds. The van der Waals surface area contributed by atoms with E-state index in [4.69, 9.17) is 4.74 Å². The van der Waals surface area contributed by atoms with Gasteiger partial charge in [-0.25, -0.2) is 12.8 Å². The monoisotopic (exact) mass is 583 g/mol. The van der Waals surface area contributed by atoms with Gasteiger partial charge in [0, 0.05) is 13.1 Å². The number of carbonyl (C=O) groups is 2. The number of amides is 2. The van der Waals surface area contributed by atoms with Crippen LogP contribution in [0.3, 0.4) is 0 Å². The molecule has 220 valence electrons. The Kier molecular flexibility index (Phi) is 11.3. The molecule has 0 bridgehead atoms. The highest BCUT2D eigenvalue weighted by Gasteiger charge is 2.33. The van der Waals surface area contributed by atoms with Crippen LogP contribution in [-0.4, -0.2) is 50.9 Å². The fourth-order valence-electron chi connectivity index (χ4n) is 4.31. The minimum Gasteiger partial charge on any atom is -0.494 e. The third kappa shape index (κ3) is 8.29. The highest BCUT2D eigenvalue weighted by atomic mass is 32.2. The second kappa shape index (κ2) is 14.6. The molecule has 1 atom stereocenters. The maximum atomic E-state index is 14.0. The van der Waals surface area contributed by atoms with Gasteiger partial charge in [0.1, 0.15) is 24.2 Å². The Morgan fingerprint density at radius 1 is 0.927 bits per heavy atom. The normalized spacial score (nSPS) is 11.9. The van der Waals surface area contributed by atoms with Crippen LogP contribution in [0.1, 0.15) is 44.7 Å². The van der Waals surface area contributed by atoms with Gasteiger partial charge in [0.15, 0.2) is 0 Å². The van der Waals surface area contributed by atoms with Gasteiger partial charge in [0.25, 0.3) is 10.0 Å². The zero-order chi connectivity index (χ0) is 30.0. The van der Waals surface area contributed by atoms with E-state index in [1.54, 1.807) is 55.5 Å². The second-order valence-corrected chi connectivity index (χ2v) is 11.5. The average Bonchev–Trinajstić information content (AvgIpc) is 2.96. The summed E-state index contributed by atoms with van der Waals surface area (Å²) >= 11 is 0. The minimum absolute atomic E-state index is 0.00199. The Hall–Kier alpha value is -3.92. The van der Waals surface area contributed by atoms with Crippen molar-refractivity contribution in [3.8, 4) is 5.75 Å². The molecule has 3 rings (SSSR count). The first-order valence-corrected chi connectivity index (χ1v) is 15.2. The van der Waals surface area contributed by atoms with Gasteiger partial charge in [-0.15, -0.1) is 0 Å². The molecule has 0 radical (unpaired) electrons. The van der Waals surface area contributed by atoms with Gasteiger partial charge in [0.2, 0.25) is 11.8 Å². The Morgan fingerprint density at radius 2 is 1.56 bits per heavy atom. The van der Waals surface area contributed by atoms with E-state index in [-0.39, 0.29) is 17.3 Å². The summed E-state index contributed by atoms with van der Waals surface area (Å²) in [6, 6.07) is 17.6. The molecule has 10 heteroatoms. The number of carbonyl (C=O) groups excluding carboxylic acids is 2. The van der Waals surface area contributed by atoms with Crippen LogP contribution in [0, 0.1) is 12.7 Å². The number of nitrogens with one attached hydrogen (secondary N) is 1. The number of nitrogens with zero attached hydrogens (tertiary/aromatic N) is 2. The number of hydrogen-bond acceptors (Lipinski definition) is 5. The second-order valence-electron chi connectivity index (χ2n) is 9.61. The van der Waals surface area contributed by atoms with Gasteiger partial charge in [-0.3, -0.25) is 13.9 Å². The molecule has 0 spiro atoms. The lowest BCUT2D eigenvalue weighted by atomic mass is 10.1. The maximum absolute atomic E-state index is 14.0. The fraction of sp³-hybridized carbons (Fsp3) is 0.355. The van der Waals surface area contributed by atoms with Gasteiger partial charge in [0.05, 0.1) is 17.2 Å². The smallest absolute Gasteiger partial charge is 0.264 e. The number of ether oxygens (including phenoxy) is 1. The van der Waals surface area contributed by atoms with Crippen molar-refractivity contribution in [2.45, 2.75) is 58.0 Å². The summed E-state index contributed by atoms with van der Waals surface area (Å²) in [5.74, 6) is -0.797. The third-order valence-electron chi connectivity index (χ3n) is 6.52. The highest BCUT2D eigenvalue weighted by Crippen LogP contribution is 2.26. The summed E-state index contributed by atoms with van der Waals surface area (Å²) < 4.78 is 48.0. The van der Waals surface area contributed by atoms with Crippen LogP contribution in [0.15, 0.2) is 77.7 Å². The molecule has 3 aromatic rings. The van der Waals surface area contributed by atoms with E-state index in [1.165, 1.54) is 29.2 Å². The number of sulfonamides is 1. The molecule has 8 nitrogen and oxygen atoms in total. The van der Waals surface area contributed by atoms with E-state index < -0.39 is 34.3 Å². The molecule has 0 aliphatic rings. The Bertz CT molecular complexity index is 1400. The van der Waals surface area contributed by atoms with E-state index in [2.05, 4.69) is 5.32 Å². The summed E-state index contributed by atoms with van der Waals surface area (Å²) in [6.45, 7) is 7.76. The number of rotatable bonds is 14. The summed E-state index contributed by atoms with van der Waals surface area (Å²) in [5.41, 5.74) is 1.84. The van der Waals surface area contributed by atoms with Crippen LogP contribution in [0.25, 0.3) is 0 Å². The molecule has 0 aliphatic carbocycles. The number of hydrogen-bond donors (Lipinski definition) is 1. The molecule has 41 heavy (non-hydrogen) atoms. The Labute approximate surface area is 242 Å². The van der Waals surface area contributed by atoms with Crippen LogP contribution in [0.5, 0.6) is 5.75 Å². The van der Waals surface area contributed by atoms with Crippen molar-refractivity contribution in [1.29, 1.82) is 0 Å². The zero-order valence-electron chi connectivity index (χ0n) is 24.0. The lowest BCUT2D eigenvalue weighted by molar-refractivity contribution is -0.140. The van der Waals surface area contributed by atoms with Crippen molar-refractivity contribution in [2.24, 2.45) is 0 Å². The topological polar surface area (TPSA) is 96.0 Å². The Morgan fingerprint density at radius 3 is 2.12 bits per heavy atom. The predicted molar refractivity (Wildman–Crippen MR) is 158 cm³/mol. The summed E-state index contributed by atoms with van der Waals surface area (Å²) in [4.78, 5) is 28.5. The number of halogens is 1. The molecule has 0 fully saturated rings. The maximum Gasteiger partial charge on any atom is 0.264 e. The summed E-state index contributed by atoms with van der Waals surface area (Å²) in [6.07, 6.45) is 1.02. The van der Waals surface area contributed by atoms with E-state index in [1.807, 2.05) is 20.8 Å². The van der Waals surface area contributed by atoms with Crippen LogP contribution >= 0.6 is 0 Å². The van der Waals surface area contributed by atoms with Gasteiger partial charge >= 0.3 is 0 Å². The first-order chi connectivity index (χ1) is 19.6. The quantitative estimate of drug-likeness (QED) is 0.286. The first-order valence-electron chi connectivity index (χ1n) is 13.7. The third-order valence-corrected chi connectivity index (χ3v) is 8.31. The predicted octanol–water partition coefficient (Wildman–Crippen LogP) is 5.06. The first kappa shape index (κ1) is 31.6. The highest BCUT2D eigenvalue weighted by molar-refractivity contribution is 7.92. The largest absolute Gasteiger partial charge is 0.494 e. The molecule has 0 aliphatic heterocycles. The van der Waals surface area contributed by atoms with Crippen molar-refractivity contribution in [3.05, 3.63) is 89.7 Å². The average molecular weight is 584 g/mol. The standard InChI is InChI=1S/C31H38FN3O5S/c1-5-20-33-31(37)29(6-2)34(21-24-10-12-25(32)13-11-24)30(36)22-35(26-14-8-23(4)9-15-26)41(38,39)28-18-16-27(17-19-28)40-7-3/h8-19,29H,5-7,20-22H2,1-4H3,(H,33,37)/t29-/m1/s1. The molecular formula is C31H38FN3O5S. The number of aryl methyl sites for hydroxylation is 1. The van der Waals surface area contributed by atoms with Gasteiger partial charge in [-0.05, 0) is 80.8 Å². The molecule has 3 aromatic carbocycles. The zero-order valence-corrected chi connectivity index (χ0v) is 24.8. The van der Waals surface area contributed by atoms with Crippen molar-refractivity contribution in [3.63, 3.8) is 0 Å². The SMILES string of the molecule is CCCNC(=O)[C@@H](CC)N(Cc1ccc(F)cc1)C(=O)CN(c1ccc(C)cc1)S(=O)(=O)c1ccc(OCC)cc1. The van der Waals surface area contributed by atoms with E-state index in [9.17, 15) is 22.4 Å². The molecule has 1 N–H and O–H groups in total. The van der Waals surface area contributed by atoms with Gasteiger partial charge in [-0.2, -0.15) is 0 Å². The lowest BCUT2D eigenvalue weighted by Gasteiger charge is -2.33. The summed E-state index contributed by atoms with van der Waals surface area (Å²) in [7, 11) is -4.19. The van der Waals surface area contributed by atoms with Crippen LogP contribution in [0.2, 0.25) is 0 Å². The number of benzene rings is 3. The van der Waals surface area contributed by atoms with Crippen molar-refractivity contribution >= 4 is 27.5 Å². The minimum atomic E-state index is -4.19. The summed E-state index contributed by atoms with van der Waals surface area (Å²) in [5, 5.41) is 2.84. The van der Waals surface area contributed by atoms with Crippen LogP contribution < -0.4 is 14.4 Å². The van der Waals surface area contributed by atoms with E-state index in [0.29, 0.717) is 36.6 Å². The molecule has 0 saturated heterocycles. The van der Waals surface area contributed by atoms with E-state index >= 15 is 0 Å². The van der Waals surface area contributed by atoms with Crippen LogP contribution in [-0.2, 0) is 26.2 Å². The molecule has 0 heterocycles. The van der Waals surface area contributed by atoms with Crippen molar-refractivity contribution in [1.82, 2.24) is 10.2 Å². The van der Waals surface area contributed by atoms with Gasteiger partial charge in [-0.1, -0.05) is 43.7 Å².